The molecule has 0 unspecified atom stereocenters. The number of alkyl halides is 3. The van der Waals surface area contributed by atoms with E-state index in [-0.39, 0.29) is 0 Å². The third-order valence-corrected chi connectivity index (χ3v) is 2.27. The third-order valence-electron chi connectivity index (χ3n) is 2.27. The summed E-state index contributed by atoms with van der Waals surface area (Å²) in [5, 5.41) is 0. The Labute approximate surface area is 93.8 Å². The predicted molar refractivity (Wildman–Crippen MR) is 60.0 cm³/mol. The lowest BCUT2D eigenvalue weighted by Crippen LogP contribution is -2.03. The molecule has 0 aliphatic heterocycles. The summed E-state index contributed by atoms with van der Waals surface area (Å²) in [6.07, 6.45) is 2.80. The Morgan fingerprint density at radius 2 is 1.75 bits per heavy atom. The van der Waals surface area contributed by atoms with Gasteiger partial charge in [0.2, 0.25) is 0 Å². The normalized spacial score (nSPS) is 12.2. The molecular formula is C13H15F3. The van der Waals surface area contributed by atoms with Gasteiger partial charge in [0.05, 0.1) is 5.56 Å². The van der Waals surface area contributed by atoms with E-state index < -0.39 is 11.7 Å². The van der Waals surface area contributed by atoms with Crippen molar-refractivity contribution in [3.05, 3.63) is 41.5 Å². The van der Waals surface area contributed by atoms with Crippen LogP contribution in [0.15, 0.2) is 30.3 Å². The van der Waals surface area contributed by atoms with Crippen LogP contribution in [0.3, 0.4) is 0 Å². The molecular weight excluding hydrogens is 213 g/mol. The Morgan fingerprint density at radius 1 is 1.12 bits per heavy atom. The van der Waals surface area contributed by atoms with E-state index in [9.17, 15) is 13.2 Å². The summed E-state index contributed by atoms with van der Waals surface area (Å²) in [7, 11) is 0. The van der Waals surface area contributed by atoms with Gasteiger partial charge >= 0.3 is 6.18 Å². The van der Waals surface area contributed by atoms with Crippen molar-refractivity contribution in [3.8, 4) is 0 Å². The Bertz CT molecular complexity index is 333. The van der Waals surface area contributed by atoms with Crippen molar-refractivity contribution >= 4 is 6.08 Å². The van der Waals surface area contributed by atoms with Crippen LogP contribution in [-0.4, -0.2) is 0 Å². The van der Waals surface area contributed by atoms with Crippen LogP contribution in [0.1, 0.15) is 37.3 Å². The molecule has 1 rings (SSSR count). The van der Waals surface area contributed by atoms with Crippen molar-refractivity contribution in [1.82, 2.24) is 0 Å². The number of halogens is 3. The molecule has 88 valence electrons. The van der Waals surface area contributed by atoms with E-state index in [1.165, 1.54) is 12.1 Å². The first kappa shape index (κ1) is 12.8. The summed E-state index contributed by atoms with van der Waals surface area (Å²) < 4.78 is 36.8. The lowest BCUT2D eigenvalue weighted by Gasteiger charge is -2.05. The number of hydrogen-bond donors (Lipinski definition) is 0. The van der Waals surface area contributed by atoms with Crippen molar-refractivity contribution in [3.63, 3.8) is 0 Å². The van der Waals surface area contributed by atoms with Gasteiger partial charge in [-0.3, -0.25) is 0 Å². The molecule has 16 heavy (non-hydrogen) atoms. The van der Waals surface area contributed by atoms with Gasteiger partial charge in [-0.1, -0.05) is 44.1 Å². The highest BCUT2D eigenvalue weighted by molar-refractivity contribution is 5.49. The smallest absolute Gasteiger partial charge is 0.166 e. The lowest BCUT2D eigenvalue weighted by atomic mass is 10.1. The Hall–Kier alpha value is -1.25. The number of hydrogen-bond acceptors (Lipinski definition) is 0. The maximum absolute atomic E-state index is 12.3. The van der Waals surface area contributed by atoms with Crippen molar-refractivity contribution in [2.75, 3.05) is 0 Å². The Balaban J connectivity index is 2.61. The van der Waals surface area contributed by atoms with Crippen molar-refractivity contribution in [1.29, 1.82) is 0 Å². The minimum absolute atomic E-state index is 0.599. The molecule has 0 fully saturated rings. The van der Waals surface area contributed by atoms with E-state index in [2.05, 4.69) is 6.92 Å². The van der Waals surface area contributed by atoms with Crippen LogP contribution >= 0.6 is 0 Å². The maximum Gasteiger partial charge on any atom is 0.416 e. The summed E-state index contributed by atoms with van der Waals surface area (Å²) in [5.74, 6) is 0. The lowest BCUT2D eigenvalue weighted by molar-refractivity contribution is -0.137. The number of rotatable bonds is 4. The number of unbranched alkanes of at least 4 members (excludes halogenated alkanes) is 2. The van der Waals surface area contributed by atoms with Gasteiger partial charge in [-0.05, 0) is 24.1 Å². The molecule has 1 aromatic carbocycles. The zero-order valence-electron chi connectivity index (χ0n) is 9.22. The first-order valence-corrected chi connectivity index (χ1v) is 5.38. The topological polar surface area (TPSA) is 0 Å². The Kier molecular flexibility index (Phi) is 4.59. The van der Waals surface area contributed by atoms with Gasteiger partial charge in [0.25, 0.3) is 0 Å². The molecule has 0 atom stereocenters. The molecule has 3 heteroatoms. The van der Waals surface area contributed by atoms with E-state index in [1.54, 1.807) is 0 Å². The first-order valence-electron chi connectivity index (χ1n) is 5.38. The summed E-state index contributed by atoms with van der Waals surface area (Å²) in [5.41, 5.74) is 0.210. The van der Waals surface area contributed by atoms with E-state index in [0.717, 1.165) is 37.0 Å². The fourth-order valence-corrected chi connectivity index (χ4v) is 1.32. The third kappa shape index (κ3) is 4.09. The van der Waals surface area contributed by atoms with Crippen LogP contribution in [0.5, 0.6) is 0 Å². The minimum Gasteiger partial charge on any atom is -0.166 e. The fraction of sp³-hybridized carbons (Fsp3) is 0.385. The average molecular weight is 228 g/mol. The molecule has 0 heterocycles. The molecule has 0 radical (unpaired) electrons. The number of benzene rings is 1. The van der Waals surface area contributed by atoms with Gasteiger partial charge in [-0.15, -0.1) is 0 Å². The standard InChI is InChI=1S/C13H15F3/c1-2-3-4-5-6-11-7-9-12(10-8-11)13(14,15)16/h5-10H,2-4H2,1H3/b6-5+. The molecule has 0 bridgehead atoms. The molecule has 0 aromatic heterocycles. The molecule has 0 amide bonds. The molecule has 0 saturated heterocycles. The highest BCUT2D eigenvalue weighted by atomic mass is 19.4. The summed E-state index contributed by atoms with van der Waals surface area (Å²) in [6.45, 7) is 2.10. The minimum atomic E-state index is -4.25. The molecule has 0 N–H and O–H groups in total. The second-order valence-electron chi connectivity index (χ2n) is 3.66. The van der Waals surface area contributed by atoms with Crippen molar-refractivity contribution in [2.45, 2.75) is 32.4 Å². The fourth-order valence-electron chi connectivity index (χ4n) is 1.32. The monoisotopic (exact) mass is 228 g/mol. The largest absolute Gasteiger partial charge is 0.416 e. The van der Waals surface area contributed by atoms with Gasteiger partial charge in [0.1, 0.15) is 0 Å². The summed E-state index contributed by atoms with van der Waals surface area (Å²) in [6, 6.07) is 5.20. The SMILES string of the molecule is CCCC/C=C/c1ccc(C(F)(F)F)cc1. The van der Waals surface area contributed by atoms with Gasteiger partial charge < -0.3 is 0 Å². The van der Waals surface area contributed by atoms with Crippen LogP contribution in [0.4, 0.5) is 13.2 Å². The van der Waals surface area contributed by atoms with Gasteiger partial charge in [0, 0.05) is 0 Å². The second kappa shape index (κ2) is 5.73. The summed E-state index contributed by atoms with van der Waals surface area (Å²) >= 11 is 0. The highest BCUT2D eigenvalue weighted by Gasteiger charge is 2.29. The van der Waals surface area contributed by atoms with E-state index in [0.29, 0.717) is 0 Å². The van der Waals surface area contributed by atoms with Crippen molar-refractivity contribution < 1.29 is 13.2 Å². The molecule has 0 aliphatic carbocycles. The van der Waals surface area contributed by atoms with Crippen LogP contribution in [0.2, 0.25) is 0 Å². The molecule has 0 nitrogen and oxygen atoms in total. The summed E-state index contributed by atoms with van der Waals surface area (Å²) in [4.78, 5) is 0. The van der Waals surface area contributed by atoms with Crippen LogP contribution < -0.4 is 0 Å². The first-order chi connectivity index (χ1) is 7.54. The average Bonchev–Trinajstić information content (AvgIpc) is 2.24. The predicted octanol–water partition coefficient (Wildman–Crippen LogP) is 4.91. The van der Waals surface area contributed by atoms with E-state index in [1.807, 2.05) is 12.2 Å². The maximum atomic E-state index is 12.3. The second-order valence-corrected chi connectivity index (χ2v) is 3.66. The molecule has 1 aromatic rings. The van der Waals surface area contributed by atoms with Gasteiger partial charge in [-0.2, -0.15) is 13.2 Å². The quantitative estimate of drug-likeness (QED) is 0.642. The molecule has 0 aliphatic rings. The Morgan fingerprint density at radius 3 is 2.25 bits per heavy atom. The van der Waals surface area contributed by atoms with Gasteiger partial charge in [0.15, 0.2) is 0 Å². The van der Waals surface area contributed by atoms with Gasteiger partial charge in [-0.25, -0.2) is 0 Å². The zero-order valence-corrected chi connectivity index (χ0v) is 9.22. The molecule has 0 spiro atoms. The van der Waals surface area contributed by atoms with Crippen LogP contribution in [-0.2, 0) is 6.18 Å². The zero-order chi connectivity index (χ0) is 12.0. The van der Waals surface area contributed by atoms with Crippen molar-refractivity contribution in [2.24, 2.45) is 0 Å². The van der Waals surface area contributed by atoms with E-state index >= 15 is 0 Å². The highest BCUT2D eigenvalue weighted by Crippen LogP contribution is 2.29. The number of allylic oxidation sites excluding steroid dienone is 1. The van der Waals surface area contributed by atoms with Crippen LogP contribution in [0.25, 0.3) is 6.08 Å². The van der Waals surface area contributed by atoms with Crippen LogP contribution in [0, 0.1) is 0 Å². The molecule has 0 saturated carbocycles. The van der Waals surface area contributed by atoms with E-state index in [4.69, 9.17) is 0 Å².